The van der Waals surface area contributed by atoms with Gasteiger partial charge in [0.25, 0.3) is 0 Å². The number of aromatic nitrogens is 1. The van der Waals surface area contributed by atoms with Crippen molar-refractivity contribution in [3.63, 3.8) is 0 Å². The Morgan fingerprint density at radius 2 is 1.77 bits per heavy atom. The standard InChI is InChI=1S/C31H28BrN3O5/c32-20-7-5-6-19(18-20)26(27-29(36)23-9-2-4-11-25(23)40-30(27)37)28-22(21-8-1-3-10-24(21)34-28)12-13-33-31(38)35-14-16-39-17-15-35/h1-11,18,26,34,36H,12-17H2,(H,33,38). The van der Waals surface area contributed by atoms with Gasteiger partial charge in [0.05, 0.1) is 30.1 Å². The fourth-order valence-corrected chi connectivity index (χ4v) is 5.89. The third-order valence-corrected chi connectivity index (χ3v) is 7.87. The van der Waals surface area contributed by atoms with E-state index in [2.05, 4.69) is 26.2 Å². The maximum absolute atomic E-state index is 13.5. The first-order chi connectivity index (χ1) is 19.5. The molecule has 0 spiro atoms. The molecule has 5 aromatic rings. The Bertz CT molecular complexity index is 1760. The van der Waals surface area contributed by atoms with E-state index >= 15 is 0 Å². The summed E-state index contributed by atoms with van der Waals surface area (Å²) in [5, 5.41) is 16.0. The van der Waals surface area contributed by atoms with Crippen LogP contribution in [0.2, 0.25) is 0 Å². The molecule has 3 N–H and O–H groups in total. The molecule has 0 bridgehead atoms. The lowest BCUT2D eigenvalue weighted by Crippen LogP contribution is -2.46. The van der Waals surface area contributed by atoms with Gasteiger partial charge in [0.2, 0.25) is 0 Å². The molecule has 3 heterocycles. The number of carbonyl (C=O) groups excluding carboxylic acids is 1. The van der Waals surface area contributed by atoms with E-state index in [1.807, 2.05) is 48.5 Å². The third-order valence-electron chi connectivity index (χ3n) is 7.38. The van der Waals surface area contributed by atoms with Gasteiger partial charge in [-0.2, -0.15) is 0 Å². The maximum Gasteiger partial charge on any atom is 0.344 e. The lowest BCUT2D eigenvalue weighted by molar-refractivity contribution is 0.0533. The number of benzene rings is 3. The van der Waals surface area contributed by atoms with E-state index in [1.54, 1.807) is 29.2 Å². The van der Waals surface area contributed by atoms with Gasteiger partial charge in [-0.05, 0) is 47.9 Å². The van der Waals surface area contributed by atoms with Crippen LogP contribution in [0.1, 0.15) is 28.3 Å². The molecule has 1 fully saturated rings. The molecule has 0 saturated carbocycles. The van der Waals surface area contributed by atoms with Crippen LogP contribution in [0.5, 0.6) is 5.75 Å². The molecular weight excluding hydrogens is 574 g/mol. The number of carbonyl (C=O) groups is 1. The first-order valence-electron chi connectivity index (χ1n) is 13.2. The predicted octanol–water partition coefficient (Wildman–Crippen LogP) is 5.51. The molecule has 1 aliphatic rings. The van der Waals surface area contributed by atoms with Gasteiger partial charge >= 0.3 is 11.7 Å². The summed E-state index contributed by atoms with van der Waals surface area (Å²) in [5.74, 6) is -0.766. The van der Waals surface area contributed by atoms with E-state index in [1.165, 1.54) is 0 Å². The van der Waals surface area contributed by atoms with Gasteiger partial charge in [-0.1, -0.05) is 58.4 Å². The maximum atomic E-state index is 13.5. The largest absolute Gasteiger partial charge is 0.507 e. The number of ether oxygens (including phenoxy) is 1. The van der Waals surface area contributed by atoms with Crippen molar-refractivity contribution in [1.82, 2.24) is 15.2 Å². The topological polar surface area (TPSA) is 108 Å². The number of nitrogens with one attached hydrogen (secondary N) is 2. The van der Waals surface area contributed by atoms with E-state index in [4.69, 9.17) is 9.15 Å². The molecule has 8 nitrogen and oxygen atoms in total. The van der Waals surface area contributed by atoms with Crippen LogP contribution >= 0.6 is 15.9 Å². The van der Waals surface area contributed by atoms with Crippen LogP contribution in [0.15, 0.2) is 86.5 Å². The van der Waals surface area contributed by atoms with E-state index < -0.39 is 11.5 Å². The smallest absolute Gasteiger partial charge is 0.344 e. The summed E-state index contributed by atoms with van der Waals surface area (Å²) in [6.07, 6.45) is 0.513. The average Bonchev–Trinajstić information content (AvgIpc) is 3.33. The first-order valence-corrected chi connectivity index (χ1v) is 14.0. The van der Waals surface area contributed by atoms with Crippen molar-refractivity contribution < 1.29 is 19.1 Å². The summed E-state index contributed by atoms with van der Waals surface area (Å²) in [7, 11) is 0. The minimum absolute atomic E-state index is 0.109. The van der Waals surface area contributed by atoms with Crippen LogP contribution in [0.4, 0.5) is 4.79 Å². The number of morpholine rings is 1. The van der Waals surface area contributed by atoms with Crippen molar-refractivity contribution in [3.05, 3.63) is 110 Å². The summed E-state index contributed by atoms with van der Waals surface area (Å²) in [6, 6.07) is 22.4. The Balaban J connectivity index is 1.47. The van der Waals surface area contributed by atoms with E-state index in [0.717, 1.165) is 32.2 Å². The molecular formula is C31H28BrN3O5. The van der Waals surface area contributed by atoms with Gasteiger partial charge in [0.15, 0.2) is 0 Å². The summed E-state index contributed by atoms with van der Waals surface area (Å²) in [5.41, 5.74) is 3.29. The minimum atomic E-state index is -0.657. The predicted molar refractivity (Wildman–Crippen MR) is 157 cm³/mol. The Morgan fingerprint density at radius 1 is 1.02 bits per heavy atom. The number of aromatic hydroxyl groups is 1. The molecule has 9 heteroatoms. The number of fused-ring (bicyclic) bond motifs is 2. The van der Waals surface area contributed by atoms with Gasteiger partial charge in [-0.3, -0.25) is 0 Å². The molecule has 204 valence electrons. The number of amides is 2. The number of hydrogen-bond donors (Lipinski definition) is 3. The van der Waals surface area contributed by atoms with Crippen LogP contribution in [0.3, 0.4) is 0 Å². The van der Waals surface area contributed by atoms with Gasteiger partial charge in [0, 0.05) is 40.7 Å². The summed E-state index contributed by atoms with van der Waals surface area (Å²) < 4.78 is 11.9. The van der Waals surface area contributed by atoms with Crippen molar-refractivity contribution in [3.8, 4) is 5.75 Å². The SMILES string of the molecule is O=C(NCCc1c(C(c2cccc(Br)c2)c2c(O)c3ccccc3oc2=O)[nH]c2ccccc12)N1CCOCC1. The zero-order valence-electron chi connectivity index (χ0n) is 21.7. The van der Waals surface area contributed by atoms with E-state index in [9.17, 15) is 14.7 Å². The van der Waals surface area contributed by atoms with Gasteiger partial charge in [0.1, 0.15) is 11.3 Å². The van der Waals surface area contributed by atoms with Crippen LogP contribution in [-0.2, 0) is 11.2 Å². The Hall–Kier alpha value is -4.08. The Morgan fingerprint density at radius 3 is 2.58 bits per heavy atom. The highest BCUT2D eigenvalue weighted by molar-refractivity contribution is 9.10. The number of aromatic amines is 1. The molecule has 0 radical (unpaired) electrons. The highest BCUT2D eigenvalue weighted by Crippen LogP contribution is 2.41. The minimum Gasteiger partial charge on any atom is -0.507 e. The fourth-order valence-electron chi connectivity index (χ4n) is 5.48. The number of para-hydroxylation sites is 2. The Kier molecular flexibility index (Phi) is 7.32. The van der Waals surface area contributed by atoms with Crippen LogP contribution in [0, 0.1) is 0 Å². The van der Waals surface area contributed by atoms with Crippen molar-refractivity contribution in [2.75, 3.05) is 32.8 Å². The van der Waals surface area contributed by atoms with Crippen LogP contribution in [0.25, 0.3) is 21.9 Å². The normalized spacial score (nSPS) is 14.5. The number of nitrogens with zero attached hydrogens (tertiary/aromatic N) is 1. The number of urea groups is 1. The molecule has 2 amide bonds. The molecule has 1 atom stereocenters. The van der Waals surface area contributed by atoms with Gasteiger partial charge < -0.3 is 29.5 Å². The average molecular weight is 602 g/mol. The summed E-state index contributed by atoms with van der Waals surface area (Å²) >= 11 is 3.57. The monoisotopic (exact) mass is 601 g/mol. The van der Waals surface area contributed by atoms with E-state index in [-0.39, 0.29) is 17.3 Å². The molecule has 1 saturated heterocycles. The second-order valence-electron chi connectivity index (χ2n) is 9.78. The lowest BCUT2D eigenvalue weighted by atomic mass is 9.85. The zero-order valence-corrected chi connectivity index (χ0v) is 23.2. The molecule has 0 aliphatic carbocycles. The first kappa shape index (κ1) is 26.2. The number of rotatable bonds is 6. The highest BCUT2D eigenvalue weighted by Gasteiger charge is 2.30. The lowest BCUT2D eigenvalue weighted by Gasteiger charge is -2.27. The van der Waals surface area contributed by atoms with E-state index in [0.29, 0.717) is 50.2 Å². The Labute approximate surface area is 238 Å². The third kappa shape index (κ3) is 4.98. The molecule has 3 aromatic carbocycles. The summed E-state index contributed by atoms with van der Waals surface area (Å²) in [4.78, 5) is 31.6. The quantitative estimate of drug-likeness (QED) is 0.223. The molecule has 40 heavy (non-hydrogen) atoms. The van der Waals surface area contributed by atoms with Gasteiger partial charge in [-0.25, -0.2) is 9.59 Å². The van der Waals surface area contributed by atoms with Gasteiger partial charge in [-0.15, -0.1) is 0 Å². The van der Waals surface area contributed by atoms with Crippen molar-refractivity contribution in [2.24, 2.45) is 0 Å². The number of hydrogen-bond acceptors (Lipinski definition) is 5. The molecule has 1 unspecified atom stereocenters. The van der Waals surface area contributed by atoms with Crippen LogP contribution < -0.4 is 10.9 Å². The molecule has 1 aliphatic heterocycles. The highest BCUT2D eigenvalue weighted by atomic mass is 79.9. The second-order valence-corrected chi connectivity index (χ2v) is 10.7. The zero-order chi connectivity index (χ0) is 27.6. The number of halogens is 1. The second kappa shape index (κ2) is 11.2. The fraction of sp³-hybridized carbons (Fsp3) is 0.226. The van der Waals surface area contributed by atoms with Crippen molar-refractivity contribution in [1.29, 1.82) is 0 Å². The molecule has 2 aromatic heterocycles. The number of H-pyrrole nitrogens is 1. The molecule has 6 rings (SSSR count). The van der Waals surface area contributed by atoms with Crippen molar-refractivity contribution in [2.45, 2.75) is 12.3 Å². The summed E-state index contributed by atoms with van der Waals surface area (Å²) in [6.45, 7) is 2.59. The van der Waals surface area contributed by atoms with Crippen molar-refractivity contribution >= 4 is 43.8 Å². The van der Waals surface area contributed by atoms with Crippen LogP contribution in [-0.4, -0.2) is 53.9 Å².